The number of amides is 1. The Balaban J connectivity index is 2.34. The van der Waals surface area contributed by atoms with Crippen LogP contribution in [0.4, 0.5) is 0 Å². The maximum atomic E-state index is 12.6. The number of benzene rings is 2. The fourth-order valence-corrected chi connectivity index (χ4v) is 3.26. The van der Waals surface area contributed by atoms with Crippen LogP contribution in [0, 0.1) is 0 Å². The Morgan fingerprint density at radius 1 is 1.17 bits per heavy atom. The third-order valence-corrected chi connectivity index (χ3v) is 5.06. The number of nitrogens with two attached hydrogens (primary N) is 1. The van der Waals surface area contributed by atoms with Gasteiger partial charge in [-0.15, -0.1) is 0 Å². The number of primary sulfonamides is 1. The number of hydrogen-bond donors (Lipinski definition) is 1. The first kappa shape index (κ1) is 17.5. The predicted molar refractivity (Wildman–Crippen MR) is 89.8 cm³/mol. The highest BCUT2D eigenvalue weighted by Crippen LogP contribution is 2.24. The number of rotatable bonds is 4. The minimum absolute atomic E-state index is 0.0113. The van der Waals surface area contributed by atoms with Gasteiger partial charge in [0.25, 0.3) is 5.91 Å². The maximum absolute atomic E-state index is 12.6. The molecule has 122 valence electrons. The summed E-state index contributed by atoms with van der Waals surface area (Å²) in [6, 6.07) is 13.4. The van der Waals surface area contributed by atoms with Crippen LogP contribution in [0.15, 0.2) is 53.4 Å². The molecule has 1 atom stereocenters. The highest BCUT2D eigenvalue weighted by Gasteiger charge is 2.21. The van der Waals surface area contributed by atoms with Gasteiger partial charge in [0.05, 0.1) is 11.1 Å². The highest BCUT2D eigenvalue weighted by molar-refractivity contribution is 7.89. The monoisotopic (exact) mass is 352 g/mol. The Morgan fingerprint density at radius 3 is 2.35 bits per heavy atom. The maximum Gasteiger partial charge on any atom is 0.254 e. The van der Waals surface area contributed by atoms with E-state index in [2.05, 4.69) is 0 Å². The molecule has 5 nitrogen and oxygen atoms in total. The van der Waals surface area contributed by atoms with Gasteiger partial charge < -0.3 is 4.90 Å². The lowest BCUT2D eigenvalue weighted by atomic mass is 10.1. The molecule has 2 N–H and O–H groups in total. The van der Waals surface area contributed by atoms with E-state index >= 15 is 0 Å². The van der Waals surface area contributed by atoms with Crippen LogP contribution in [-0.2, 0) is 10.0 Å². The lowest BCUT2D eigenvalue weighted by molar-refractivity contribution is 0.0742. The van der Waals surface area contributed by atoms with Crippen LogP contribution in [0.1, 0.15) is 28.9 Å². The molecule has 0 bridgehead atoms. The summed E-state index contributed by atoms with van der Waals surface area (Å²) in [5, 5.41) is 5.11. The minimum Gasteiger partial charge on any atom is -0.335 e. The second-order valence-corrected chi connectivity index (χ2v) is 7.13. The van der Waals surface area contributed by atoms with Gasteiger partial charge in [-0.1, -0.05) is 41.9 Å². The Bertz CT molecular complexity index is 822. The quantitative estimate of drug-likeness (QED) is 0.918. The van der Waals surface area contributed by atoms with Crippen LogP contribution in [0.2, 0.25) is 5.02 Å². The number of nitrogens with zero attached hydrogens (tertiary/aromatic N) is 1. The Labute approximate surface area is 140 Å². The Morgan fingerprint density at radius 2 is 1.78 bits per heavy atom. The molecule has 0 unspecified atom stereocenters. The van der Waals surface area contributed by atoms with Crippen LogP contribution in [0.5, 0.6) is 0 Å². The first-order valence-electron chi connectivity index (χ1n) is 6.86. The van der Waals surface area contributed by atoms with Gasteiger partial charge in [0, 0.05) is 12.6 Å². The second-order valence-electron chi connectivity index (χ2n) is 5.19. The fourth-order valence-electron chi connectivity index (χ4n) is 2.19. The SMILES string of the molecule is C[C@@H](c1ccccc1)N(C)C(=O)c1ccc(Cl)c(S(N)(=O)=O)c1. The largest absolute Gasteiger partial charge is 0.335 e. The van der Waals surface area contributed by atoms with E-state index in [-0.39, 0.29) is 27.4 Å². The van der Waals surface area contributed by atoms with Crippen LogP contribution in [0.25, 0.3) is 0 Å². The van der Waals surface area contributed by atoms with Gasteiger partial charge in [0.2, 0.25) is 10.0 Å². The van der Waals surface area contributed by atoms with Gasteiger partial charge in [-0.05, 0) is 30.7 Å². The summed E-state index contributed by atoms with van der Waals surface area (Å²) in [7, 11) is -2.33. The van der Waals surface area contributed by atoms with Gasteiger partial charge in [0.15, 0.2) is 0 Å². The van der Waals surface area contributed by atoms with E-state index in [1.54, 1.807) is 7.05 Å². The van der Waals surface area contributed by atoms with Crippen molar-refractivity contribution in [1.29, 1.82) is 0 Å². The lowest BCUT2D eigenvalue weighted by Crippen LogP contribution is -2.30. The molecule has 23 heavy (non-hydrogen) atoms. The molecule has 2 aromatic carbocycles. The van der Waals surface area contributed by atoms with Gasteiger partial charge in [-0.2, -0.15) is 0 Å². The summed E-state index contributed by atoms with van der Waals surface area (Å²) in [6.45, 7) is 1.89. The molecule has 0 radical (unpaired) electrons. The van der Waals surface area contributed by atoms with Crippen molar-refractivity contribution >= 4 is 27.5 Å². The summed E-state index contributed by atoms with van der Waals surface area (Å²) < 4.78 is 23.0. The molecule has 1 amide bonds. The molecule has 0 aliphatic heterocycles. The number of hydrogen-bond acceptors (Lipinski definition) is 3. The Kier molecular flexibility index (Phi) is 5.09. The molecule has 0 fully saturated rings. The molecule has 0 aliphatic carbocycles. The lowest BCUT2D eigenvalue weighted by Gasteiger charge is -2.25. The molecular formula is C16H17ClN2O3S. The molecular weight excluding hydrogens is 336 g/mol. The second kappa shape index (κ2) is 6.70. The predicted octanol–water partition coefficient (Wildman–Crippen LogP) is 2.82. The average Bonchev–Trinajstić information content (AvgIpc) is 2.53. The van der Waals surface area contributed by atoms with Gasteiger partial charge in [-0.25, -0.2) is 13.6 Å². The first-order chi connectivity index (χ1) is 10.7. The smallest absolute Gasteiger partial charge is 0.254 e. The van der Waals surface area contributed by atoms with Crippen molar-refractivity contribution < 1.29 is 13.2 Å². The number of halogens is 1. The summed E-state index contributed by atoms with van der Waals surface area (Å²) >= 11 is 5.84. The molecule has 2 rings (SSSR count). The standard InChI is InChI=1S/C16H17ClN2O3S/c1-11(12-6-4-3-5-7-12)19(2)16(20)13-8-9-14(17)15(10-13)23(18,21)22/h3-11H,1-2H3,(H2,18,21,22)/t11-/m0/s1. The van der Waals surface area contributed by atoms with Crippen molar-refractivity contribution in [2.75, 3.05) is 7.05 Å². The molecule has 0 aromatic heterocycles. The van der Waals surface area contributed by atoms with Crippen molar-refractivity contribution in [3.8, 4) is 0 Å². The highest BCUT2D eigenvalue weighted by atomic mass is 35.5. The van der Waals surface area contributed by atoms with E-state index in [9.17, 15) is 13.2 Å². The molecule has 0 saturated heterocycles. The topological polar surface area (TPSA) is 80.5 Å². The van der Waals surface area contributed by atoms with Crippen molar-refractivity contribution in [3.05, 3.63) is 64.7 Å². The van der Waals surface area contributed by atoms with E-state index in [1.807, 2.05) is 37.3 Å². The summed E-state index contributed by atoms with van der Waals surface area (Å²) in [6.07, 6.45) is 0. The number of carbonyl (C=O) groups is 1. The third-order valence-electron chi connectivity index (χ3n) is 3.67. The number of carbonyl (C=O) groups excluding carboxylic acids is 1. The van der Waals surface area contributed by atoms with E-state index < -0.39 is 10.0 Å². The van der Waals surface area contributed by atoms with E-state index in [0.717, 1.165) is 5.56 Å². The van der Waals surface area contributed by atoms with Crippen molar-refractivity contribution in [2.45, 2.75) is 17.9 Å². The van der Waals surface area contributed by atoms with Crippen molar-refractivity contribution in [2.24, 2.45) is 5.14 Å². The van der Waals surface area contributed by atoms with Crippen LogP contribution in [-0.4, -0.2) is 26.3 Å². The zero-order chi connectivity index (χ0) is 17.2. The first-order valence-corrected chi connectivity index (χ1v) is 8.78. The van der Waals surface area contributed by atoms with E-state index in [4.69, 9.17) is 16.7 Å². The van der Waals surface area contributed by atoms with Crippen molar-refractivity contribution in [3.63, 3.8) is 0 Å². The summed E-state index contributed by atoms with van der Waals surface area (Å²) in [5.74, 6) is -0.317. The van der Waals surface area contributed by atoms with E-state index in [1.165, 1.54) is 23.1 Å². The van der Waals surface area contributed by atoms with Crippen LogP contribution in [0.3, 0.4) is 0 Å². The van der Waals surface area contributed by atoms with Gasteiger partial charge in [0.1, 0.15) is 4.90 Å². The molecule has 0 heterocycles. The normalized spacial score (nSPS) is 12.7. The van der Waals surface area contributed by atoms with Gasteiger partial charge in [-0.3, -0.25) is 4.79 Å². The molecule has 7 heteroatoms. The molecule has 0 saturated carbocycles. The van der Waals surface area contributed by atoms with Crippen LogP contribution < -0.4 is 5.14 Å². The summed E-state index contributed by atoms with van der Waals surface area (Å²) in [4.78, 5) is 13.9. The fraction of sp³-hybridized carbons (Fsp3) is 0.188. The average molecular weight is 353 g/mol. The Hall–Kier alpha value is -1.89. The number of sulfonamides is 1. The summed E-state index contributed by atoms with van der Waals surface area (Å²) in [5.41, 5.74) is 1.19. The van der Waals surface area contributed by atoms with Crippen molar-refractivity contribution in [1.82, 2.24) is 4.90 Å². The van der Waals surface area contributed by atoms with Crippen LogP contribution >= 0.6 is 11.6 Å². The third kappa shape index (κ3) is 3.90. The molecule has 0 aliphatic rings. The molecule has 0 spiro atoms. The van der Waals surface area contributed by atoms with Gasteiger partial charge >= 0.3 is 0 Å². The van der Waals surface area contributed by atoms with E-state index in [0.29, 0.717) is 0 Å². The zero-order valence-corrected chi connectivity index (χ0v) is 14.3. The minimum atomic E-state index is -3.99. The molecule has 2 aromatic rings. The zero-order valence-electron chi connectivity index (χ0n) is 12.7.